The average molecular weight is 692 g/mol. The van der Waals surface area contributed by atoms with Crippen molar-refractivity contribution in [3.8, 4) is 56.4 Å². The third kappa shape index (κ3) is 4.90. The zero-order valence-electron chi connectivity index (χ0n) is 28.9. The number of benzene rings is 8. The Kier molecular flexibility index (Phi) is 6.79. The van der Waals surface area contributed by atoms with Crippen molar-refractivity contribution < 1.29 is 8.83 Å². The summed E-state index contributed by atoms with van der Waals surface area (Å²) in [6.07, 6.45) is 0. The molecule has 11 rings (SSSR count). The van der Waals surface area contributed by atoms with Gasteiger partial charge in [-0.2, -0.15) is 0 Å². The first-order chi connectivity index (χ1) is 26.7. The Morgan fingerprint density at radius 1 is 0.296 bits per heavy atom. The Morgan fingerprint density at radius 3 is 1.63 bits per heavy atom. The van der Waals surface area contributed by atoms with Gasteiger partial charge in [-0.1, -0.05) is 146 Å². The smallest absolute Gasteiger partial charge is 0.164 e. The van der Waals surface area contributed by atoms with E-state index in [9.17, 15) is 0 Å². The lowest BCUT2D eigenvalue weighted by Gasteiger charge is -2.11. The van der Waals surface area contributed by atoms with E-state index >= 15 is 0 Å². The zero-order chi connectivity index (χ0) is 35.6. The highest BCUT2D eigenvalue weighted by Crippen LogP contribution is 2.44. The van der Waals surface area contributed by atoms with Crippen LogP contribution in [0.2, 0.25) is 0 Å². The van der Waals surface area contributed by atoms with Gasteiger partial charge in [0.25, 0.3) is 0 Å². The molecule has 0 aliphatic heterocycles. The van der Waals surface area contributed by atoms with E-state index in [1.165, 1.54) is 0 Å². The molecule has 5 nitrogen and oxygen atoms in total. The molecule has 0 spiro atoms. The lowest BCUT2D eigenvalue weighted by atomic mass is 9.93. The molecule has 8 aromatic carbocycles. The summed E-state index contributed by atoms with van der Waals surface area (Å²) in [6.45, 7) is 0. The van der Waals surface area contributed by atoms with Crippen LogP contribution in [0.4, 0.5) is 0 Å². The van der Waals surface area contributed by atoms with Crippen molar-refractivity contribution >= 4 is 54.6 Å². The van der Waals surface area contributed by atoms with Crippen molar-refractivity contribution in [1.82, 2.24) is 15.0 Å². The van der Waals surface area contributed by atoms with Crippen LogP contribution in [0.15, 0.2) is 185 Å². The summed E-state index contributed by atoms with van der Waals surface area (Å²) in [6, 6.07) is 60.4. The molecule has 0 aliphatic rings. The molecule has 54 heavy (non-hydrogen) atoms. The second-order valence-corrected chi connectivity index (χ2v) is 13.6. The van der Waals surface area contributed by atoms with Gasteiger partial charge in [0.2, 0.25) is 0 Å². The lowest BCUT2D eigenvalue weighted by Crippen LogP contribution is -2.00. The van der Waals surface area contributed by atoms with Crippen LogP contribution < -0.4 is 0 Å². The lowest BCUT2D eigenvalue weighted by molar-refractivity contribution is 0.669. The molecule has 252 valence electrons. The van der Waals surface area contributed by atoms with Crippen LogP contribution >= 0.6 is 0 Å². The summed E-state index contributed by atoms with van der Waals surface area (Å²) in [5.74, 6) is 1.80. The van der Waals surface area contributed by atoms with Gasteiger partial charge >= 0.3 is 0 Å². The third-order valence-corrected chi connectivity index (χ3v) is 10.3. The molecule has 0 bridgehead atoms. The molecule has 0 saturated heterocycles. The van der Waals surface area contributed by atoms with Crippen LogP contribution in [0.5, 0.6) is 0 Å². The molecular formula is C49H29N3O2. The maximum absolute atomic E-state index is 6.73. The molecule has 0 atom stereocenters. The first-order valence-corrected chi connectivity index (χ1v) is 18.0. The summed E-state index contributed by atoms with van der Waals surface area (Å²) >= 11 is 0. The van der Waals surface area contributed by atoms with Gasteiger partial charge in [0, 0.05) is 43.6 Å². The number of fused-ring (bicyclic) bond motifs is 8. The van der Waals surface area contributed by atoms with E-state index in [0.29, 0.717) is 17.5 Å². The van der Waals surface area contributed by atoms with Crippen LogP contribution in [-0.4, -0.2) is 15.0 Å². The summed E-state index contributed by atoms with van der Waals surface area (Å²) in [5, 5.41) is 6.32. The van der Waals surface area contributed by atoms with E-state index in [-0.39, 0.29) is 0 Å². The van der Waals surface area contributed by atoms with Gasteiger partial charge in [-0.15, -0.1) is 0 Å². The monoisotopic (exact) mass is 691 g/mol. The van der Waals surface area contributed by atoms with Gasteiger partial charge in [0.1, 0.15) is 22.3 Å². The van der Waals surface area contributed by atoms with Gasteiger partial charge in [-0.3, -0.25) is 0 Å². The largest absolute Gasteiger partial charge is 0.456 e. The zero-order valence-corrected chi connectivity index (χ0v) is 28.9. The summed E-state index contributed by atoms with van der Waals surface area (Å²) in [4.78, 5) is 15.3. The van der Waals surface area contributed by atoms with Crippen LogP contribution in [0.25, 0.3) is 111 Å². The molecule has 0 radical (unpaired) electrons. The summed E-state index contributed by atoms with van der Waals surface area (Å²) in [7, 11) is 0. The molecule has 0 saturated carbocycles. The molecule has 0 N–H and O–H groups in total. The molecule has 11 aromatic rings. The fraction of sp³-hybridized carbons (Fsp3) is 0. The Bertz CT molecular complexity index is 3200. The molecule has 3 heterocycles. The fourth-order valence-electron chi connectivity index (χ4n) is 7.75. The Morgan fingerprint density at radius 2 is 0.852 bits per heavy atom. The van der Waals surface area contributed by atoms with Crippen molar-refractivity contribution in [2.45, 2.75) is 0 Å². The molecule has 3 aromatic heterocycles. The first-order valence-electron chi connectivity index (χ1n) is 18.0. The van der Waals surface area contributed by atoms with E-state index in [4.69, 9.17) is 23.8 Å². The SMILES string of the molecule is c1ccc(-c2ccc(-c3nc(-c4ccccc4)nc(-c4cccc5oc6c7ccccc7c(-c7ccc8oc9ccccc9c8c7)cc6c45)n3)cc2)cc1. The Hall–Kier alpha value is -7.37. The minimum absolute atomic E-state index is 0.584. The Labute approximate surface area is 309 Å². The number of rotatable bonds is 5. The van der Waals surface area contributed by atoms with Crippen LogP contribution in [0, 0.1) is 0 Å². The minimum Gasteiger partial charge on any atom is -0.456 e. The summed E-state index contributed by atoms with van der Waals surface area (Å²) < 4.78 is 12.9. The van der Waals surface area contributed by atoms with Crippen molar-refractivity contribution in [3.05, 3.63) is 176 Å². The highest BCUT2D eigenvalue weighted by molar-refractivity contribution is 6.22. The summed E-state index contributed by atoms with van der Waals surface area (Å²) in [5.41, 5.74) is 10.6. The maximum atomic E-state index is 6.73. The van der Waals surface area contributed by atoms with Gasteiger partial charge in [-0.05, 0) is 58.0 Å². The van der Waals surface area contributed by atoms with E-state index in [0.717, 1.165) is 93.6 Å². The second-order valence-electron chi connectivity index (χ2n) is 13.6. The van der Waals surface area contributed by atoms with Crippen LogP contribution in [0.3, 0.4) is 0 Å². The topological polar surface area (TPSA) is 65.0 Å². The van der Waals surface area contributed by atoms with Gasteiger partial charge in [0.15, 0.2) is 17.5 Å². The number of hydrogen-bond donors (Lipinski definition) is 0. The molecule has 0 amide bonds. The van der Waals surface area contributed by atoms with E-state index < -0.39 is 0 Å². The predicted molar refractivity (Wildman–Crippen MR) is 219 cm³/mol. The quantitative estimate of drug-likeness (QED) is 0.180. The van der Waals surface area contributed by atoms with Crippen molar-refractivity contribution in [1.29, 1.82) is 0 Å². The number of para-hydroxylation sites is 1. The predicted octanol–water partition coefficient (Wildman–Crippen LogP) is 13.2. The standard InChI is InChI=1S/C49H29N3O2/c1-3-12-30(13-4-1)31-22-24-33(25-23-31)48-50-47(32-14-5-2-6-15-32)51-49(52-48)38-19-11-21-44-45(38)41-29-39(35-16-7-8-18-37(35)46(41)54-44)34-26-27-43-40(28-34)36-17-9-10-20-42(36)53-43/h1-29H. The van der Waals surface area contributed by atoms with Crippen LogP contribution in [-0.2, 0) is 0 Å². The Balaban J connectivity index is 1.14. The molecule has 0 fully saturated rings. The van der Waals surface area contributed by atoms with Gasteiger partial charge < -0.3 is 8.83 Å². The first kappa shape index (κ1) is 30.3. The molecule has 0 unspecified atom stereocenters. The number of furan rings is 2. The second kappa shape index (κ2) is 12.1. The molecule has 5 heteroatoms. The number of nitrogens with zero attached hydrogens (tertiary/aromatic N) is 3. The highest BCUT2D eigenvalue weighted by Gasteiger charge is 2.21. The highest BCUT2D eigenvalue weighted by atomic mass is 16.3. The third-order valence-electron chi connectivity index (χ3n) is 10.3. The molecular weight excluding hydrogens is 663 g/mol. The maximum Gasteiger partial charge on any atom is 0.164 e. The van der Waals surface area contributed by atoms with Crippen molar-refractivity contribution in [2.75, 3.05) is 0 Å². The molecule has 0 aliphatic carbocycles. The normalized spacial score (nSPS) is 11.7. The van der Waals surface area contributed by atoms with Crippen LogP contribution in [0.1, 0.15) is 0 Å². The number of hydrogen-bond acceptors (Lipinski definition) is 5. The minimum atomic E-state index is 0.584. The average Bonchev–Trinajstić information content (AvgIpc) is 3.82. The van der Waals surface area contributed by atoms with Gasteiger partial charge in [0.05, 0.1) is 0 Å². The van der Waals surface area contributed by atoms with E-state index in [2.05, 4.69) is 115 Å². The number of aromatic nitrogens is 3. The van der Waals surface area contributed by atoms with Crippen molar-refractivity contribution in [2.24, 2.45) is 0 Å². The van der Waals surface area contributed by atoms with E-state index in [1.54, 1.807) is 0 Å². The van der Waals surface area contributed by atoms with E-state index in [1.807, 2.05) is 60.7 Å². The fourth-order valence-corrected chi connectivity index (χ4v) is 7.75. The van der Waals surface area contributed by atoms with Crippen molar-refractivity contribution in [3.63, 3.8) is 0 Å². The van der Waals surface area contributed by atoms with Gasteiger partial charge in [-0.25, -0.2) is 15.0 Å².